The molecule has 0 bridgehead atoms. The van der Waals surface area contributed by atoms with E-state index in [1.165, 1.54) is 11.1 Å². The summed E-state index contributed by atoms with van der Waals surface area (Å²) in [7, 11) is 1.77. The number of aromatic nitrogens is 2. The molecule has 2 heterocycles. The van der Waals surface area contributed by atoms with E-state index in [-0.39, 0.29) is 6.10 Å². The molecule has 4 heteroatoms. The third-order valence-corrected chi connectivity index (χ3v) is 3.77. The number of nitrogens with one attached hydrogen (secondary N) is 1. The van der Waals surface area contributed by atoms with E-state index in [1.54, 1.807) is 7.11 Å². The van der Waals surface area contributed by atoms with Crippen molar-refractivity contribution in [1.82, 2.24) is 14.9 Å². The van der Waals surface area contributed by atoms with Crippen molar-refractivity contribution in [3.63, 3.8) is 0 Å². The highest BCUT2D eigenvalue weighted by Crippen LogP contribution is 2.27. The molecule has 1 aliphatic rings. The zero-order valence-electron chi connectivity index (χ0n) is 11.3. The SMILES string of the molecule is CO[C@H]1CNCC1n1cncc1-c1cccc(C)c1. The number of methoxy groups -OCH3 is 1. The Hall–Kier alpha value is -1.65. The van der Waals surface area contributed by atoms with Gasteiger partial charge in [0, 0.05) is 25.8 Å². The Morgan fingerprint density at radius 2 is 2.26 bits per heavy atom. The molecule has 1 aliphatic heterocycles. The number of ether oxygens (including phenoxy) is 1. The fourth-order valence-corrected chi connectivity index (χ4v) is 2.76. The third-order valence-electron chi connectivity index (χ3n) is 3.77. The van der Waals surface area contributed by atoms with Gasteiger partial charge >= 0.3 is 0 Å². The van der Waals surface area contributed by atoms with E-state index in [9.17, 15) is 0 Å². The highest BCUT2D eigenvalue weighted by atomic mass is 16.5. The van der Waals surface area contributed by atoms with Gasteiger partial charge in [-0.15, -0.1) is 0 Å². The predicted molar refractivity (Wildman–Crippen MR) is 75.1 cm³/mol. The van der Waals surface area contributed by atoms with E-state index < -0.39 is 0 Å². The molecule has 1 fully saturated rings. The first kappa shape index (κ1) is 12.4. The molecule has 1 aromatic carbocycles. The van der Waals surface area contributed by atoms with Crippen LogP contribution < -0.4 is 5.32 Å². The highest BCUT2D eigenvalue weighted by Gasteiger charge is 2.29. The Balaban J connectivity index is 1.98. The lowest BCUT2D eigenvalue weighted by Crippen LogP contribution is -2.24. The Labute approximate surface area is 113 Å². The van der Waals surface area contributed by atoms with Gasteiger partial charge in [-0.25, -0.2) is 4.98 Å². The van der Waals surface area contributed by atoms with E-state index in [0.717, 1.165) is 18.8 Å². The van der Waals surface area contributed by atoms with Crippen molar-refractivity contribution in [1.29, 1.82) is 0 Å². The fourth-order valence-electron chi connectivity index (χ4n) is 2.76. The van der Waals surface area contributed by atoms with Gasteiger partial charge < -0.3 is 14.6 Å². The zero-order valence-corrected chi connectivity index (χ0v) is 11.3. The summed E-state index contributed by atoms with van der Waals surface area (Å²) in [6.07, 6.45) is 4.04. The lowest BCUT2D eigenvalue weighted by Gasteiger charge is -2.21. The number of aryl methyl sites for hydroxylation is 1. The van der Waals surface area contributed by atoms with Crippen LogP contribution in [0.15, 0.2) is 36.8 Å². The summed E-state index contributed by atoms with van der Waals surface area (Å²) in [5, 5.41) is 3.38. The van der Waals surface area contributed by atoms with E-state index in [0.29, 0.717) is 6.04 Å². The number of nitrogens with zero attached hydrogens (tertiary/aromatic N) is 2. The molecule has 1 N–H and O–H groups in total. The number of hydrogen-bond donors (Lipinski definition) is 1. The molecule has 1 saturated heterocycles. The van der Waals surface area contributed by atoms with Crippen LogP contribution in [0.2, 0.25) is 0 Å². The maximum atomic E-state index is 5.55. The van der Waals surface area contributed by atoms with Crippen molar-refractivity contribution in [3.05, 3.63) is 42.4 Å². The quantitative estimate of drug-likeness (QED) is 0.914. The van der Waals surface area contributed by atoms with Crippen LogP contribution in [0.4, 0.5) is 0 Å². The van der Waals surface area contributed by atoms with Gasteiger partial charge in [-0.1, -0.05) is 23.8 Å². The molecule has 4 nitrogen and oxygen atoms in total. The van der Waals surface area contributed by atoms with Crippen molar-refractivity contribution in [2.24, 2.45) is 0 Å². The monoisotopic (exact) mass is 257 g/mol. The molecule has 0 radical (unpaired) electrons. The van der Waals surface area contributed by atoms with Gasteiger partial charge in [0.1, 0.15) is 0 Å². The van der Waals surface area contributed by atoms with Crippen molar-refractivity contribution in [2.75, 3.05) is 20.2 Å². The van der Waals surface area contributed by atoms with Gasteiger partial charge in [0.25, 0.3) is 0 Å². The van der Waals surface area contributed by atoms with Crippen LogP contribution in [-0.2, 0) is 4.74 Å². The summed E-state index contributed by atoms with van der Waals surface area (Å²) in [5.41, 5.74) is 3.62. The maximum Gasteiger partial charge on any atom is 0.0954 e. The molecular weight excluding hydrogens is 238 g/mol. The minimum atomic E-state index is 0.206. The van der Waals surface area contributed by atoms with Crippen LogP contribution >= 0.6 is 0 Å². The topological polar surface area (TPSA) is 39.1 Å². The van der Waals surface area contributed by atoms with E-state index in [4.69, 9.17) is 4.74 Å². The molecule has 100 valence electrons. The average molecular weight is 257 g/mol. The second-order valence-electron chi connectivity index (χ2n) is 5.06. The molecule has 19 heavy (non-hydrogen) atoms. The lowest BCUT2D eigenvalue weighted by atomic mass is 10.1. The molecule has 1 unspecified atom stereocenters. The Bertz CT molecular complexity index is 564. The molecule has 2 atom stereocenters. The molecule has 2 aromatic rings. The van der Waals surface area contributed by atoms with Crippen LogP contribution in [-0.4, -0.2) is 35.9 Å². The van der Waals surface area contributed by atoms with Crippen molar-refractivity contribution in [3.8, 4) is 11.3 Å². The number of imidazole rings is 1. The van der Waals surface area contributed by atoms with E-state index in [1.807, 2.05) is 12.5 Å². The molecule has 0 spiro atoms. The fraction of sp³-hybridized carbons (Fsp3) is 0.400. The van der Waals surface area contributed by atoms with E-state index in [2.05, 4.69) is 46.1 Å². The van der Waals surface area contributed by atoms with Gasteiger partial charge in [0.2, 0.25) is 0 Å². The van der Waals surface area contributed by atoms with Gasteiger partial charge in [0.05, 0.1) is 30.4 Å². The molecular formula is C15H19N3O. The summed E-state index contributed by atoms with van der Waals surface area (Å²) >= 11 is 0. The van der Waals surface area contributed by atoms with Crippen LogP contribution in [0.25, 0.3) is 11.3 Å². The summed E-state index contributed by atoms with van der Waals surface area (Å²) in [6.45, 7) is 3.93. The Morgan fingerprint density at radius 3 is 3.05 bits per heavy atom. The minimum Gasteiger partial charge on any atom is -0.378 e. The number of hydrogen-bond acceptors (Lipinski definition) is 3. The van der Waals surface area contributed by atoms with Crippen molar-refractivity contribution in [2.45, 2.75) is 19.1 Å². The second kappa shape index (κ2) is 5.15. The lowest BCUT2D eigenvalue weighted by molar-refractivity contribution is 0.0870. The minimum absolute atomic E-state index is 0.206. The zero-order chi connectivity index (χ0) is 13.2. The van der Waals surface area contributed by atoms with Crippen LogP contribution in [0.5, 0.6) is 0 Å². The van der Waals surface area contributed by atoms with Crippen molar-refractivity contribution < 1.29 is 4.74 Å². The first-order valence-electron chi connectivity index (χ1n) is 6.62. The molecule has 3 rings (SSSR count). The predicted octanol–water partition coefficient (Wildman–Crippen LogP) is 2.02. The van der Waals surface area contributed by atoms with Gasteiger partial charge in [-0.2, -0.15) is 0 Å². The summed E-state index contributed by atoms with van der Waals surface area (Å²) in [6, 6.07) is 8.83. The molecule has 1 aromatic heterocycles. The Kier molecular flexibility index (Phi) is 3.36. The molecule has 0 saturated carbocycles. The molecule has 0 aliphatic carbocycles. The van der Waals surface area contributed by atoms with Gasteiger partial charge in [-0.3, -0.25) is 0 Å². The summed E-state index contributed by atoms with van der Waals surface area (Å²) in [5.74, 6) is 0. The largest absolute Gasteiger partial charge is 0.378 e. The summed E-state index contributed by atoms with van der Waals surface area (Å²) < 4.78 is 7.78. The standard InChI is InChI=1S/C15H19N3O/c1-11-4-3-5-12(6-11)13-7-17-10-18(13)14-8-16-9-15(14)19-2/h3-7,10,14-16H,8-9H2,1-2H3/t14?,15-/m0/s1. The first-order valence-corrected chi connectivity index (χ1v) is 6.62. The van der Waals surface area contributed by atoms with E-state index >= 15 is 0 Å². The van der Waals surface area contributed by atoms with Gasteiger partial charge in [0.15, 0.2) is 0 Å². The molecule has 0 amide bonds. The average Bonchev–Trinajstić information content (AvgIpc) is 3.06. The van der Waals surface area contributed by atoms with Crippen molar-refractivity contribution >= 4 is 0 Å². The normalized spacial score (nSPS) is 22.8. The van der Waals surface area contributed by atoms with Gasteiger partial charge in [-0.05, 0) is 13.0 Å². The third kappa shape index (κ3) is 2.29. The number of rotatable bonds is 3. The van der Waals surface area contributed by atoms with Crippen LogP contribution in [0.1, 0.15) is 11.6 Å². The first-order chi connectivity index (χ1) is 9.29. The smallest absolute Gasteiger partial charge is 0.0954 e. The second-order valence-corrected chi connectivity index (χ2v) is 5.06. The maximum absolute atomic E-state index is 5.55. The Morgan fingerprint density at radius 1 is 1.37 bits per heavy atom. The number of benzene rings is 1. The van der Waals surface area contributed by atoms with Crippen LogP contribution in [0, 0.1) is 6.92 Å². The summed E-state index contributed by atoms with van der Waals surface area (Å²) in [4.78, 5) is 4.32. The van der Waals surface area contributed by atoms with Crippen LogP contribution in [0.3, 0.4) is 0 Å². The highest BCUT2D eigenvalue weighted by molar-refractivity contribution is 5.60.